The summed E-state index contributed by atoms with van der Waals surface area (Å²) in [5, 5.41) is 5.24. The fourth-order valence-corrected chi connectivity index (χ4v) is 2.26. The number of benzene rings is 2. The summed E-state index contributed by atoms with van der Waals surface area (Å²) in [5.74, 6) is 0.583. The number of nitrogens with one attached hydrogen (secondary N) is 2. The summed E-state index contributed by atoms with van der Waals surface area (Å²) in [4.78, 5) is 23.7. The van der Waals surface area contributed by atoms with Crippen molar-refractivity contribution < 1.29 is 19.1 Å². The number of amides is 2. The van der Waals surface area contributed by atoms with Crippen LogP contribution in [0.5, 0.6) is 11.5 Å². The molecule has 0 bridgehead atoms. The average Bonchev–Trinajstić information content (AvgIpc) is 2.66. The summed E-state index contributed by atoms with van der Waals surface area (Å²) in [6.45, 7) is 3.76. The highest BCUT2D eigenvalue weighted by atomic mass is 16.5. The zero-order chi connectivity index (χ0) is 19.6. The number of ether oxygens (including phenoxy) is 2. The van der Waals surface area contributed by atoms with E-state index in [-0.39, 0.29) is 24.5 Å². The summed E-state index contributed by atoms with van der Waals surface area (Å²) >= 11 is 0. The lowest BCUT2D eigenvalue weighted by atomic mass is 10.2. The molecule has 0 heterocycles. The molecular formula is C21H24N2O4. The van der Waals surface area contributed by atoms with Crippen molar-refractivity contribution in [2.24, 2.45) is 0 Å². The minimum atomic E-state index is -0.361. The molecule has 0 aromatic heterocycles. The molecule has 0 spiro atoms. The van der Waals surface area contributed by atoms with Gasteiger partial charge in [-0.1, -0.05) is 24.3 Å². The fraction of sp³-hybridized carbons (Fsp3) is 0.238. The molecule has 27 heavy (non-hydrogen) atoms. The summed E-state index contributed by atoms with van der Waals surface area (Å²) in [5.41, 5.74) is 1.47. The first-order valence-electron chi connectivity index (χ1n) is 8.63. The van der Waals surface area contributed by atoms with E-state index >= 15 is 0 Å². The third kappa shape index (κ3) is 6.86. The van der Waals surface area contributed by atoms with Crippen molar-refractivity contribution >= 4 is 23.6 Å². The molecule has 0 aliphatic carbocycles. The van der Waals surface area contributed by atoms with Crippen LogP contribution < -0.4 is 20.1 Å². The van der Waals surface area contributed by atoms with Gasteiger partial charge in [0.2, 0.25) is 11.8 Å². The molecular weight excluding hydrogens is 344 g/mol. The van der Waals surface area contributed by atoms with Gasteiger partial charge in [-0.15, -0.1) is 0 Å². The largest absolute Gasteiger partial charge is 0.493 e. The topological polar surface area (TPSA) is 76.7 Å². The van der Waals surface area contributed by atoms with Gasteiger partial charge in [-0.25, -0.2) is 0 Å². The van der Waals surface area contributed by atoms with E-state index in [4.69, 9.17) is 9.47 Å². The number of carbonyl (C=O) groups excluding carboxylic acids is 2. The van der Waals surface area contributed by atoms with Gasteiger partial charge in [0.05, 0.1) is 19.8 Å². The van der Waals surface area contributed by atoms with Gasteiger partial charge in [0.1, 0.15) is 0 Å². The normalized spacial score (nSPS) is 10.7. The predicted octanol–water partition coefficient (Wildman–Crippen LogP) is 3.25. The highest BCUT2D eigenvalue weighted by Crippen LogP contribution is 2.29. The minimum Gasteiger partial charge on any atom is -0.493 e. The van der Waals surface area contributed by atoms with Crippen LogP contribution >= 0.6 is 0 Å². The van der Waals surface area contributed by atoms with Gasteiger partial charge in [0.15, 0.2) is 11.5 Å². The molecule has 0 unspecified atom stereocenters. The van der Waals surface area contributed by atoms with Crippen molar-refractivity contribution in [1.29, 1.82) is 0 Å². The molecule has 0 aliphatic rings. The molecule has 0 fully saturated rings. The third-order valence-corrected chi connectivity index (χ3v) is 3.46. The van der Waals surface area contributed by atoms with E-state index in [1.54, 1.807) is 37.5 Å². The van der Waals surface area contributed by atoms with Crippen molar-refractivity contribution in [3.05, 3.63) is 60.2 Å². The Morgan fingerprint density at radius 1 is 1.07 bits per heavy atom. The van der Waals surface area contributed by atoms with E-state index in [2.05, 4.69) is 10.6 Å². The Hall–Kier alpha value is -3.28. The Morgan fingerprint density at radius 3 is 2.48 bits per heavy atom. The Morgan fingerprint density at radius 2 is 1.81 bits per heavy atom. The van der Waals surface area contributed by atoms with Crippen LogP contribution in [0.15, 0.2) is 54.6 Å². The first-order chi connectivity index (χ1) is 13.0. The maximum Gasteiger partial charge on any atom is 0.244 e. The highest BCUT2D eigenvalue weighted by molar-refractivity contribution is 5.98. The van der Waals surface area contributed by atoms with E-state index in [9.17, 15) is 9.59 Å². The number of methoxy groups -OCH3 is 1. The lowest BCUT2D eigenvalue weighted by molar-refractivity contribution is -0.121. The molecule has 0 saturated carbocycles. The molecule has 0 radical (unpaired) electrons. The zero-order valence-electron chi connectivity index (χ0n) is 15.7. The molecule has 6 nitrogen and oxygen atoms in total. The predicted molar refractivity (Wildman–Crippen MR) is 106 cm³/mol. The summed E-state index contributed by atoms with van der Waals surface area (Å²) in [6, 6.07) is 14.5. The van der Waals surface area contributed by atoms with Crippen molar-refractivity contribution in [3.8, 4) is 11.5 Å². The van der Waals surface area contributed by atoms with Crippen LogP contribution in [0, 0.1) is 0 Å². The zero-order valence-corrected chi connectivity index (χ0v) is 15.7. The highest BCUT2D eigenvalue weighted by Gasteiger charge is 2.07. The number of hydrogen-bond acceptors (Lipinski definition) is 4. The van der Waals surface area contributed by atoms with Crippen LogP contribution in [-0.2, 0) is 9.59 Å². The molecule has 2 rings (SSSR count). The van der Waals surface area contributed by atoms with Crippen molar-refractivity contribution in [2.45, 2.75) is 20.0 Å². The molecule has 0 atom stereocenters. The lowest BCUT2D eigenvalue weighted by Crippen LogP contribution is -2.31. The van der Waals surface area contributed by atoms with Crippen LogP contribution in [-0.4, -0.2) is 31.6 Å². The van der Waals surface area contributed by atoms with E-state index in [0.717, 1.165) is 5.56 Å². The van der Waals surface area contributed by atoms with Gasteiger partial charge in [0.25, 0.3) is 0 Å². The second kappa shape index (κ2) is 10.0. The molecule has 2 aromatic carbocycles. The summed E-state index contributed by atoms with van der Waals surface area (Å²) < 4.78 is 11.0. The second-order valence-corrected chi connectivity index (χ2v) is 6.04. The van der Waals surface area contributed by atoms with Crippen LogP contribution in [0.1, 0.15) is 19.4 Å². The Kier molecular flexibility index (Phi) is 7.43. The van der Waals surface area contributed by atoms with Crippen molar-refractivity contribution in [3.63, 3.8) is 0 Å². The van der Waals surface area contributed by atoms with Gasteiger partial charge in [-0.2, -0.15) is 0 Å². The SMILES string of the molecule is COc1cc(/C=C/C(=O)NCC(=O)Nc2ccccc2)ccc1OC(C)C. The van der Waals surface area contributed by atoms with E-state index < -0.39 is 0 Å². The number of carbonyl (C=O) groups is 2. The smallest absolute Gasteiger partial charge is 0.244 e. The summed E-state index contributed by atoms with van der Waals surface area (Å²) in [6.07, 6.45) is 3.05. The fourth-order valence-electron chi connectivity index (χ4n) is 2.26. The average molecular weight is 368 g/mol. The van der Waals surface area contributed by atoms with Crippen LogP contribution in [0.3, 0.4) is 0 Å². The first kappa shape index (κ1) is 20.0. The van der Waals surface area contributed by atoms with E-state index in [0.29, 0.717) is 17.2 Å². The van der Waals surface area contributed by atoms with Gasteiger partial charge in [-0.3, -0.25) is 9.59 Å². The maximum atomic E-state index is 11.9. The van der Waals surface area contributed by atoms with Crippen molar-refractivity contribution in [1.82, 2.24) is 5.32 Å². The van der Waals surface area contributed by atoms with Crippen molar-refractivity contribution in [2.75, 3.05) is 19.0 Å². The lowest BCUT2D eigenvalue weighted by Gasteiger charge is -2.13. The van der Waals surface area contributed by atoms with E-state index in [1.807, 2.05) is 38.1 Å². The quantitative estimate of drug-likeness (QED) is 0.701. The molecule has 0 aliphatic heterocycles. The van der Waals surface area contributed by atoms with Gasteiger partial charge < -0.3 is 20.1 Å². The molecule has 2 N–H and O–H groups in total. The Bertz CT molecular complexity index is 801. The molecule has 2 aromatic rings. The Balaban J connectivity index is 1.87. The van der Waals surface area contributed by atoms with Crippen LogP contribution in [0.25, 0.3) is 6.08 Å². The standard InChI is InChI=1S/C21H24N2O4/c1-15(2)27-18-11-9-16(13-19(18)26-3)10-12-20(24)22-14-21(25)23-17-7-5-4-6-8-17/h4-13,15H,14H2,1-3H3,(H,22,24)(H,23,25)/b12-10+. The van der Waals surface area contributed by atoms with Gasteiger partial charge in [0, 0.05) is 11.8 Å². The number of hydrogen-bond donors (Lipinski definition) is 2. The maximum absolute atomic E-state index is 11.9. The van der Waals surface area contributed by atoms with Crippen LogP contribution in [0.2, 0.25) is 0 Å². The van der Waals surface area contributed by atoms with Gasteiger partial charge in [-0.05, 0) is 49.8 Å². The van der Waals surface area contributed by atoms with E-state index in [1.165, 1.54) is 6.08 Å². The third-order valence-electron chi connectivity index (χ3n) is 3.46. The monoisotopic (exact) mass is 368 g/mol. The number of para-hydroxylation sites is 1. The summed E-state index contributed by atoms with van der Waals surface area (Å²) in [7, 11) is 1.56. The molecule has 6 heteroatoms. The molecule has 2 amide bonds. The Labute approximate surface area is 159 Å². The minimum absolute atomic E-state index is 0.0353. The molecule has 0 saturated heterocycles. The van der Waals surface area contributed by atoms with Gasteiger partial charge >= 0.3 is 0 Å². The second-order valence-electron chi connectivity index (χ2n) is 6.04. The first-order valence-corrected chi connectivity index (χ1v) is 8.63. The number of anilines is 1. The van der Waals surface area contributed by atoms with Crippen LogP contribution in [0.4, 0.5) is 5.69 Å². The number of rotatable bonds is 8. The molecule has 142 valence electrons.